The number of thiophene rings is 1. The van der Waals surface area contributed by atoms with E-state index < -0.39 is 17.5 Å². The van der Waals surface area contributed by atoms with Crippen molar-refractivity contribution in [3.8, 4) is 16.2 Å². The van der Waals surface area contributed by atoms with Crippen LogP contribution in [0.5, 0.6) is 5.75 Å². The van der Waals surface area contributed by atoms with Crippen LogP contribution >= 0.6 is 11.3 Å². The Morgan fingerprint density at radius 3 is 2.67 bits per heavy atom. The number of halogens is 2. The van der Waals surface area contributed by atoms with Crippen molar-refractivity contribution in [1.82, 2.24) is 9.55 Å². The van der Waals surface area contributed by atoms with E-state index in [1.54, 1.807) is 13.2 Å². The summed E-state index contributed by atoms with van der Waals surface area (Å²) in [5.74, 6) is -1.40. The van der Waals surface area contributed by atoms with Crippen LogP contribution in [-0.4, -0.2) is 22.6 Å². The van der Waals surface area contributed by atoms with E-state index in [0.717, 1.165) is 39.0 Å². The smallest absolute Gasteiger partial charge is 0.271 e. The number of carbonyl (C=O) groups excluding carboxylic acids is 1. The van der Waals surface area contributed by atoms with E-state index in [0.29, 0.717) is 10.2 Å². The molecule has 0 bridgehead atoms. The number of amides is 1. The lowest BCUT2D eigenvalue weighted by Crippen LogP contribution is -2.27. The molecule has 2 aromatic carbocycles. The van der Waals surface area contributed by atoms with Crippen LogP contribution < -0.4 is 15.6 Å². The molecule has 2 heterocycles. The fourth-order valence-corrected chi connectivity index (χ4v) is 3.96. The molecule has 0 fully saturated rings. The number of nitrogens with zero attached hydrogens (tertiary/aromatic N) is 2. The second kappa shape index (κ2) is 8.03. The lowest BCUT2D eigenvalue weighted by atomic mass is 10.2. The van der Waals surface area contributed by atoms with E-state index >= 15 is 0 Å². The second-order valence-electron chi connectivity index (χ2n) is 6.40. The van der Waals surface area contributed by atoms with Crippen LogP contribution in [0.25, 0.3) is 20.7 Å². The molecule has 2 aromatic heterocycles. The van der Waals surface area contributed by atoms with E-state index in [-0.39, 0.29) is 17.8 Å². The first-order chi connectivity index (χ1) is 14.4. The van der Waals surface area contributed by atoms with Crippen molar-refractivity contribution >= 4 is 33.1 Å². The predicted molar refractivity (Wildman–Crippen MR) is 111 cm³/mol. The number of nitrogens with one attached hydrogen (secondary N) is 1. The normalized spacial score (nSPS) is 10.9. The molecule has 152 valence electrons. The first-order valence-corrected chi connectivity index (χ1v) is 9.64. The highest BCUT2D eigenvalue weighted by molar-refractivity contribution is 7.22. The summed E-state index contributed by atoms with van der Waals surface area (Å²) in [4.78, 5) is 30.1. The number of anilines is 1. The summed E-state index contributed by atoms with van der Waals surface area (Å²) in [6.45, 7) is -0.381. The summed E-state index contributed by atoms with van der Waals surface area (Å²) in [6.07, 6.45) is 1.26. The molecule has 4 rings (SSSR count). The van der Waals surface area contributed by atoms with Crippen LogP contribution in [0.3, 0.4) is 0 Å². The van der Waals surface area contributed by atoms with Gasteiger partial charge in [0.1, 0.15) is 28.6 Å². The Morgan fingerprint density at radius 1 is 1.17 bits per heavy atom. The van der Waals surface area contributed by atoms with Gasteiger partial charge in [-0.1, -0.05) is 0 Å². The van der Waals surface area contributed by atoms with Crippen LogP contribution in [0.1, 0.15) is 0 Å². The summed E-state index contributed by atoms with van der Waals surface area (Å²) < 4.78 is 33.6. The van der Waals surface area contributed by atoms with Crippen LogP contribution in [0.4, 0.5) is 14.5 Å². The minimum absolute atomic E-state index is 0.292. The summed E-state index contributed by atoms with van der Waals surface area (Å²) in [6, 6.07) is 11.9. The Kier molecular flexibility index (Phi) is 5.28. The van der Waals surface area contributed by atoms with Crippen molar-refractivity contribution in [1.29, 1.82) is 0 Å². The Labute approximate surface area is 173 Å². The van der Waals surface area contributed by atoms with Gasteiger partial charge in [-0.05, 0) is 48.0 Å². The molecule has 0 spiro atoms. The van der Waals surface area contributed by atoms with Crippen molar-refractivity contribution in [2.24, 2.45) is 0 Å². The number of benzene rings is 2. The van der Waals surface area contributed by atoms with Gasteiger partial charge in [0.25, 0.3) is 5.56 Å². The van der Waals surface area contributed by atoms with Gasteiger partial charge in [-0.2, -0.15) is 0 Å². The van der Waals surface area contributed by atoms with Crippen molar-refractivity contribution in [2.75, 3.05) is 12.4 Å². The van der Waals surface area contributed by atoms with E-state index in [2.05, 4.69) is 10.3 Å². The molecular weight excluding hydrogens is 412 g/mol. The van der Waals surface area contributed by atoms with Crippen LogP contribution in [0.2, 0.25) is 0 Å². The quantitative estimate of drug-likeness (QED) is 0.522. The number of carbonyl (C=O) groups is 1. The summed E-state index contributed by atoms with van der Waals surface area (Å²) in [5, 5.41) is 2.27. The van der Waals surface area contributed by atoms with Gasteiger partial charge in [-0.3, -0.25) is 14.2 Å². The first kappa shape index (κ1) is 19.7. The summed E-state index contributed by atoms with van der Waals surface area (Å²) in [7, 11) is 1.58. The van der Waals surface area contributed by atoms with Crippen molar-refractivity contribution < 1.29 is 18.3 Å². The van der Waals surface area contributed by atoms with Gasteiger partial charge in [-0.15, -0.1) is 11.3 Å². The Bertz CT molecular complexity index is 1300. The minimum atomic E-state index is -0.770. The zero-order chi connectivity index (χ0) is 21.3. The highest BCUT2D eigenvalue weighted by atomic mass is 32.1. The average Bonchev–Trinajstić information content (AvgIpc) is 3.18. The van der Waals surface area contributed by atoms with Crippen molar-refractivity contribution in [3.05, 3.63) is 76.8 Å². The molecule has 0 saturated carbocycles. The third-order valence-corrected chi connectivity index (χ3v) is 5.56. The molecule has 0 aliphatic rings. The number of hydrogen-bond acceptors (Lipinski definition) is 5. The molecule has 0 unspecified atom stereocenters. The molecule has 6 nitrogen and oxygen atoms in total. The van der Waals surface area contributed by atoms with Crippen LogP contribution in [0.15, 0.2) is 59.7 Å². The van der Waals surface area contributed by atoms with E-state index in [4.69, 9.17) is 4.74 Å². The lowest BCUT2D eigenvalue weighted by Gasteiger charge is -2.08. The number of fused-ring (bicyclic) bond motifs is 1. The van der Waals surface area contributed by atoms with Gasteiger partial charge in [0.05, 0.1) is 24.6 Å². The topological polar surface area (TPSA) is 73.2 Å². The lowest BCUT2D eigenvalue weighted by molar-refractivity contribution is -0.116. The van der Waals surface area contributed by atoms with Crippen molar-refractivity contribution in [3.63, 3.8) is 0 Å². The maximum Gasteiger partial charge on any atom is 0.271 e. The largest absolute Gasteiger partial charge is 0.497 e. The minimum Gasteiger partial charge on any atom is -0.497 e. The number of ether oxygens (including phenoxy) is 1. The number of hydrogen-bond donors (Lipinski definition) is 1. The van der Waals surface area contributed by atoms with Gasteiger partial charge >= 0.3 is 0 Å². The van der Waals surface area contributed by atoms with Crippen LogP contribution in [-0.2, 0) is 11.3 Å². The van der Waals surface area contributed by atoms with Crippen LogP contribution in [0, 0.1) is 11.6 Å². The number of methoxy groups -OCH3 is 1. The first-order valence-electron chi connectivity index (χ1n) is 8.83. The van der Waals surface area contributed by atoms with Crippen molar-refractivity contribution in [2.45, 2.75) is 6.54 Å². The standard InChI is InChI=1S/C21H15F2N3O3S/c1-29-14-5-2-12(3-6-14)18-9-17-20(30-18)21(28)26(11-24-17)10-19(27)25-16-8-13(22)4-7-15(16)23/h2-9,11H,10H2,1H3,(H,25,27). The molecular formula is C21H15F2N3O3S. The van der Waals surface area contributed by atoms with E-state index in [1.165, 1.54) is 17.7 Å². The van der Waals surface area contributed by atoms with Gasteiger partial charge in [0.15, 0.2) is 0 Å². The predicted octanol–water partition coefficient (Wildman–Crippen LogP) is 4.05. The summed E-state index contributed by atoms with van der Waals surface area (Å²) in [5.41, 5.74) is 0.743. The second-order valence-corrected chi connectivity index (χ2v) is 7.46. The fraction of sp³-hybridized carbons (Fsp3) is 0.0952. The molecule has 0 radical (unpaired) electrons. The third-order valence-electron chi connectivity index (χ3n) is 4.39. The summed E-state index contributed by atoms with van der Waals surface area (Å²) >= 11 is 1.26. The molecule has 30 heavy (non-hydrogen) atoms. The molecule has 0 aliphatic heterocycles. The zero-order valence-electron chi connectivity index (χ0n) is 15.7. The molecule has 0 atom stereocenters. The zero-order valence-corrected chi connectivity index (χ0v) is 16.5. The maximum atomic E-state index is 13.7. The molecule has 9 heteroatoms. The van der Waals surface area contributed by atoms with Gasteiger partial charge in [0.2, 0.25) is 5.91 Å². The van der Waals surface area contributed by atoms with E-state index in [1.807, 2.05) is 24.3 Å². The van der Waals surface area contributed by atoms with Gasteiger partial charge < -0.3 is 10.1 Å². The Balaban J connectivity index is 1.59. The third kappa shape index (κ3) is 3.92. The highest BCUT2D eigenvalue weighted by Gasteiger charge is 2.14. The van der Waals surface area contributed by atoms with Gasteiger partial charge in [0, 0.05) is 10.9 Å². The number of rotatable bonds is 5. The molecule has 1 N–H and O–H groups in total. The molecule has 0 aliphatic carbocycles. The maximum absolute atomic E-state index is 13.7. The highest BCUT2D eigenvalue weighted by Crippen LogP contribution is 2.31. The number of aromatic nitrogens is 2. The SMILES string of the molecule is COc1ccc(-c2cc3ncn(CC(=O)Nc4cc(F)ccc4F)c(=O)c3s2)cc1. The molecule has 4 aromatic rings. The molecule has 1 amide bonds. The van der Waals surface area contributed by atoms with Gasteiger partial charge in [-0.25, -0.2) is 13.8 Å². The molecule has 0 saturated heterocycles. The fourth-order valence-electron chi connectivity index (χ4n) is 2.89. The monoisotopic (exact) mass is 427 g/mol. The average molecular weight is 427 g/mol. The Hall–Kier alpha value is -3.59. The van der Waals surface area contributed by atoms with E-state index in [9.17, 15) is 18.4 Å². The Morgan fingerprint density at radius 2 is 1.93 bits per heavy atom.